The molecule has 4 fully saturated rings. The van der Waals surface area contributed by atoms with Crippen molar-refractivity contribution in [2.45, 2.75) is 84.0 Å². The lowest BCUT2D eigenvalue weighted by Crippen LogP contribution is -2.49. The Hall–Kier alpha value is -0.120. The summed E-state index contributed by atoms with van der Waals surface area (Å²) in [7, 11) is 0. The van der Waals surface area contributed by atoms with Crippen LogP contribution in [0.1, 0.15) is 59.8 Å². The predicted molar refractivity (Wildman–Crippen MR) is 92.1 cm³/mol. The maximum atomic E-state index is 5.50. The van der Waals surface area contributed by atoms with E-state index in [-0.39, 0.29) is 0 Å². The Balaban J connectivity index is 0.000000131. The van der Waals surface area contributed by atoms with E-state index in [0.717, 1.165) is 43.2 Å². The molecule has 3 heteroatoms. The Morgan fingerprint density at radius 2 is 1.32 bits per heavy atom. The molecule has 0 aromatic carbocycles. The Morgan fingerprint density at radius 1 is 0.773 bits per heavy atom. The van der Waals surface area contributed by atoms with E-state index in [1.54, 1.807) is 0 Å². The van der Waals surface area contributed by atoms with Crippen LogP contribution < -0.4 is 0 Å². The summed E-state index contributed by atoms with van der Waals surface area (Å²) < 4.78 is 5.50. The van der Waals surface area contributed by atoms with Crippen molar-refractivity contribution < 1.29 is 4.74 Å². The van der Waals surface area contributed by atoms with Gasteiger partial charge in [-0.2, -0.15) is 0 Å². The monoisotopic (exact) mass is 308 g/mol. The molecule has 3 saturated heterocycles. The van der Waals surface area contributed by atoms with Crippen molar-refractivity contribution in [2.24, 2.45) is 11.8 Å². The number of rotatable bonds is 2. The van der Waals surface area contributed by atoms with E-state index in [1.165, 1.54) is 45.2 Å². The molecule has 1 aliphatic carbocycles. The third-order valence-corrected chi connectivity index (χ3v) is 6.26. The number of morpholine rings is 1. The highest BCUT2D eigenvalue weighted by Crippen LogP contribution is 2.36. The molecule has 0 radical (unpaired) electrons. The molecule has 3 aliphatic heterocycles. The summed E-state index contributed by atoms with van der Waals surface area (Å²) in [5.41, 5.74) is 0. The molecule has 0 N–H and O–H groups in total. The molecule has 1 saturated carbocycles. The SMILES string of the molecule is CC(C)N1C2CCC1COC2.CC(C)N1CC2CCC(C2)C1. The van der Waals surface area contributed by atoms with E-state index in [9.17, 15) is 0 Å². The van der Waals surface area contributed by atoms with Gasteiger partial charge in [0.25, 0.3) is 0 Å². The van der Waals surface area contributed by atoms with Crippen molar-refractivity contribution in [3.05, 3.63) is 0 Å². The van der Waals surface area contributed by atoms with Gasteiger partial charge < -0.3 is 9.64 Å². The third-order valence-electron chi connectivity index (χ3n) is 6.26. The topological polar surface area (TPSA) is 15.7 Å². The number of likely N-dealkylation sites (tertiary alicyclic amines) is 1. The van der Waals surface area contributed by atoms with E-state index >= 15 is 0 Å². The first-order valence-corrected chi connectivity index (χ1v) is 9.63. The summed E-state index contributed by atoms with van der Waals surface area (Å²) >= 11 is 0. The molecule has 4 aliphatic rings. The van der Waals surface area contributed by atoms with Crippen molar-refractivity contribution in [3.63, 3.8) is 0 Å². The van der Waals surface area contributed by atoms with Gasteiger partial charge in [0.2, 0.25) is 0 Å². The first-order valence-electron chi connectivity index (χ1n) is 9.63. The average Bonchev–Trinajstić information content (AvgIpc) is 2.95. The van der Waals surface area contributed by atoms with Crippen molar-refractivity contribution in [2.75, 3.05) is 26.3 Å². The minimum Gasteiger partial charge on any atom is -0.378 e. The highest BCUT2D eigenvalue weighted by molar-refractivity contribution is 4.92. The fourth-order valence-corrected chi connectivity index (χ4v) is 5.17. The highest BCUT2D eigenvalue weighted by Gasteiger charge is 2.38. The zero-order valence-corrected chi connectivity index (χ0v) is 15.1. The lowest BCUT2D eigenvalue weighted by atomic mass is 9.98. The fraction of sp³-hybridized carbons (Fsp3) is 1.00. The first-order chi connectivity index (χ1) is 10.5. The van der Waals surface area contributed by atoms with Crippen LogP contribution in [-0.4, -0.2) is 60.3 Å². The molecule has 0 amide bonds. The molecule has 4 bridgehead atoms. The van der Waals surface area contributed by atoms with Gasteiger partial charge in [0.05, 0.1) is 13.2 Å². The molecule has 4 atom stereocenters. The summed E-state index contributed by atoms with van der Waals surface area (Å²) in [6, 6.07) is 2.94. The molecular formula is C19H36N2O. The molecule has 3 nitrogen and oxygen atoms in total. The Morgan fingerprint density at radius 3 is 1.73 bits per heavy atom. The van der Waals surface area contributed by atoms with Gasteiger partial charge in [0.15, 0.2) is 0 Å². The van der Waals surface area contributed by atoms with Crippen molar-refractivity contribution in [1.82, 2.24) is 9.80 Å². The van der Waals surface area contributed by atoms with Gasteiger partial charge >= 0.3 is 0 Å². The van der Waals surface area contributed by atoms with Crippen LogP contribution in [0.3, 0.4) is 0 Å². The van der Waals surface area contributed by atoms with E-state index < -0.39 is 0 Å². The maximum Gasteiger partial charge on any atom is 0.0622 e. The van der Waals surface area contributed by atoms with Crippen molar-refractivity contribution in [3.8, 4) is 0 Å². The summed E-state index contributed by atoms with van der Waals surface area (Å²) in [5, 5.41) is 0. The van der Waals surface area contributed by atoms with Gasteiger partial charge in [-0.15, -0.1) is 0 Å². The van der Waals surface area contributed by atoms with Gasteiger partial charge in [-0.05, 0) is 71.6 Å². The lowest BCUT2D eigenvalue weighted by Gasteiger charge is -2.37. The van der Waals surface area contributed by atoms with Gasteiger partial charge in [-0.3, -0.25) is 4.90 Å². The summed E-state index contributed by atoms with van der Waals surface area (Å²) in [6.07, 6.45) is 7.25. The minimum atomic E-state index is 0.705. The van der Waals surface area contributed by atoms with E-state index in [4.69, 9.17) is 4.74 Å². The zero-order valence-electron chi connectivity index (χ0n) is 15.1. The lowest BCUT2D eigenvalue weighted by molar-refractivity contribution is -0.0293. The number of hydrogen-bond donors (Lipinski definition) is 0. The first kappa shape index (κ1) is 16.7. The average molecular weight is 309 g/mol. The van der Waals surface area contributed by atoms with Crippen LogP contribution in [0.15, 0.2) is 0 Å². The molecule has 0 spiro atoms. The maximum absolute atomic E-state index is 5.50. The van der Waals surface area contributed by atoms with E-state index in [0.29, 0.717) is 6.04 Å². The molecule has 128 valence electrons. The van der Waals surface area contributed by atoms with Crippen LogP contribution >= 0.6 is 0 Å². The highest BCUT2D eigenvalue weighted by atomic mass is 16.5. The number of ether oxygens (including phenoxy) is 1. The predicted octanol–water partition coefficient (Wildman–Crippen LogP) is 3.38. The molecule has 3 heterocycles. The summed E-state index contributed by atoms with van der Waals surface area (Å²) in [6.45, 7) is 13.9. The molecule has 4 rings (SSSR count). The molecule has 4 unspecified atom stereocenters. The second-order valence-electron chi connectivity index (χ2n) is 8.56. The van der Waals surface area contributed by atoms with Crippen LogP contribution in [0, 0.1) is 11.8 Å². The number of hydrogen-bond acceptors (Lipinski definition) is 3. The van der Waals surface area contributed by atoms with Crippen LogP contribution in [0.2, 0.25) is 0 Å². The van der Waals surface area contributed by atoms with E-state index in [1.807, 2.05) is 0 Å². The Bertz CT molecular complexity index is 329. The zero-order chi connectivity index (χ0) is 15.7. The largest absolute Gasteiger partial charge is 0.378 e. The smallest absolute Gasteiger partial charge is 0.0622 e. The molecule has 22 heavy (non-hydrogen) atoms. The quantitative estimate of drug-likeness (QED) is 0.778. The van der Waals surface area contributed by atoms with Crippen LogP contribution in [0.25, 0.3) is 0 Å². The van der Waals surface area contributed by atoms with Gasteiger partial charge in [-0.1, -0.05) is 0 Å². The minimum absolute atomic E-state index is 0.705. The number of fused-ring (bicyclic) bond motifs is 4. The van der Waals surface area contributed by atoms with Crippen LogP contribution in [-0.2, 0) is 4.74 Å². The normalized spacial score (nSPS) is 38.5. The standard InChI is InChI=1S/C10H19N.C9H17NO/c1-8(2)11-6-9-3-4-10(5-9)7-11;1-7(2)10-8-3-4-9(10)6-11-5-8/h8-10H,3-7H2,1-2H3;7-9H,3-6H2,1-2H3. The molecular weight excluding hydrogens is 272 g/mol. The van der Waals surface area contributed by atoms with Crippen molar-refractivity contribution in [1.29, 1.82) is 0 Å². The number of nitrogens with zero attached hydrogens (tertiary/aromatic N) is 2. The summed E-state index contributed by atoms with van der Waals surface area (Å²) in [5.74, 6) is 2.10. The third kappa shape index (κ3) is 3.68. The van der Waals surface area contributed by atoms with Gasteiger partial charge in [0, 0.05) is 37.3 Å². The fourth-order valence-electron chi connectivity index (χ4n) is 5.17. The van der Waals surface area contributed by atoms with Crippen molar-refractivity contribution >= 4 is 0 Å². The molecule has 0 aromatic heterocycles. The second-order valence-corrected chi connectivity index (χ2v) is 8.56. The van der Waals surface area contributed by atoms with Crippen LogP contribution in [0.4, 0.5) is 0 Å². The molecule has 0 aromatic rings. The van der Waals surface area contributed by atoms with Crippen LogP contribution in [0.5, 0.6) is 0 Å². The Kier molecular flexibility index (Phi) is 5.47. The number of piperidine rings is 1. The Labute approximate surface area is 137 Å². The second kappa shape index (κ2) is 7.19. The van der Waals surface area contributed by atoms with Gasteiger partial charge in [-0.25, -0.2) is 0 Å². The summed E-state index contributed by atoms with van der Waals surface area (Å²) in [4.78, 5) is 5.29. The van der Waals surface area contributed by atoms with Gasteiger partial charge in [0.1, 0.15) is 0 Å². The van der Waals surface area contributed by atoms with E-state index in [2.05, 4.69) is 37.5 Å².